The molecule has 40 heavy (non-hydrogen) atoms. The molecule has 1 N–H and O–H groups in total. The van der Waals surface area contributed by atoms with Gasteiger partial charge in [0.15, 0.2) is 5.78 Å². The molecule has 220 valence electrons. The zero-order chi connectivity index (χ0) is 28.9. The molecule has 0 spiro atoms. The van der Waals surface area contributed by atoms with Crippen molar-refractivity contribution >= 4 is 11.8 Å². The summed E-state index contributed by atoms with van der Waals surface area (Å²) >= 11 is 0. The molecule has 3 saturated carbocycles. The predicted octanol–water partition coefficient (Wildman–Crippen LogP) is 6.43. The Morgan fingerprint density at radius 2 is 1.85 bits per heavy atom. The number of ether oxygens (including phenoxy) is 1. The van der Waals surface area contributed by atoms with Gasteiger partial charge in [-0.2, -0.15) is 0 Å². The summed E-state index contributed by atoms with van der Waals surface area (Å²) in [4.78, 5) is 26.6. The summed E-state index contributed by atoms with van der Waals surface area (Å²) in [7, 11) is 1.46. The number of nitrogens with one attached hydrogen (secondary N) is 1. The van der Waals surface area contributed by atoms with Crippen LogP contribution in [0.5, 0.6) is 0 Å². The number of methoxy groups -OCH3 is 1. The summed E-state index contributed by atoms with van der Waals surface area (Å²) in [6.07, 6.45) is 11.9. The fourth-order valence-corrected chi connectivity index (χ4v) is 11.3. The minimum Gasteiger partial charge on any atom is -0.469 e. The number of hydrogen-bond acceptors (Lipinski definition) is 6. The van der Waals surface area contributed by atoms with Crippen molar-refractivity contribution in [2.24, 2.45) is 45.8 Å². The van der Waals surface area contributed by atoms with E-state index in [0.29, 0.717) is 36.5 Å². The van der Waals surface area contributed by atoms with Gasteiger partial charge < -0.3 is 14.6 Å². The highest BCUT2D eigenvalue weighted by Crippen LogP contribution is 2.73. The molecule has 6 nitrogen and oxygen atoms in total. The van der Waals surface area contributed by atoms with E-state index in [1.165, 1.54) is 18.2 Å². The monoisotopic (exact) mass is 550 g/mol. The van der Waals surface area contributed by atoms with E-state index in [1.54, 1.807) is 0 Å². The zero-order valence-corrected chi connectivity index (χ0v) is 26.0. The minimum atomic E-state index is -0.177. The second-order valence-corrected chi connectivity index (χ2v) is 15.6. The molecular weight excluding hydrogens is 500 g/mol. The zero-order valence-electron chi connectivity index (χ0n) is 26.0. The van der Waals surface area contributed by atoms with E-state index < -0.39 is 0 Å². The van der Waals surface area contributed by atoms with Crippen molar-refractivity contribution in [3.05, 3.63) is 29.2 Å². The highest BCUT2D eigenvalue weighted by atomic mass is 16.5. The Morgan fingerprint density at radius 3 is 2.58 bits per heavy atom. The summed E-state index contributed by atoms with van der Waals surface area (Å²) in [6, 6.07) is 0. The summed E-state index contributed by atoms with van der Waals surface area (Å²) in [6.45, 7) is 17.4. The largest absolute Gasteiger partial charge is 0.469 e. The Balaban J connectivity index is 1.43. The number of rotatable bonds is 4. The van der Waals surface area contributed by atoms with Gasteiger partial charge in [-0.25, -0.2) is 0 Å². The number of hydrogen-bond donors (Lipinski definition) is 1. The molecule has 0 radical (unpaired) electrons. The van der Waals surface area contributed by atoms with Crippen molar-refractivity contribution in [2.75, 3.05) is 13.7 Å². The normalized spacial score (nSPS) is 45.2. The molecule has 0 saturated heterocycles. The fraction of sp³-hybridized carbons (Fsp3) is 0.794. The Kier molecular flexibility index (Phi) is 6.36. The third-order valence-electron chi connectivity index (χ3n) is 13.7. The molecule has 0 aliphatic heterocycles. The van der Waals surface area contributed by atoms with Crippen LogP contribution in [0.25, 0.3) is 0 Å². The van der Waals surface area contributed by atoms with Crippen molar-refractivity contribution in [2.45, 2.75) is 111 Å². The molecule has 3 fully saturated rings. The van der Waals surface area contributed by atoms with E-state index in [-0.39, 0.29) is 45.0 Å². The van der Waals surface area contributed by atoms with Crippen molar-refractivity contribution in [3.63, 3.8) is 0 Å². The molecule has 0 unspecified atom stereocenters. The molecule has 9 atom stereocenters. The van der Waals surface area contributed by atoms with Gasteiger partial charge in [0, 0.05) is 29.0 Å². The molecule has 1 aromatic rings. The second kappa shape index (κ2) is 9.02. The van der Waals surface area contributed by atoms with Gasteiger partial charge in [-0.05, 0) is 90.9 Å². The van der Waals surface area contributed by atoms with E-state index in [2.05, 4.69) is 65.0 Å². The first kappa shape index (κ1) is 28.2. The maximum Gasteiger partial charge on any atom is 0.306 e. The topological polar surface area (TPSA) is 81.4 Å². The van der Waals surface area contributed by atoms with Crippen molar-refractivity contribution in [3.8, 4) is 0 Å². The summed E-state index contributed by atoms with van der Waals surface area (Å²) in [5.74, 6) is 2.87. The highest BCUT2D eigenvalue weighted by Gasteiger charge is 2.70. The predicted molar refractivity (Wildman–Crippen MR) is 155 cm³/mol. The van der Waals surface area contributed by atoms with Crippen LogP contribution in [0.15, 0.2) is 22.4 Å². The van der Waals surface area contributed by atoms with Gasteiger partial charge >= 0.3 is 5.97 Å². The third kappa shape index (κ3) is 3.53. The van der Waals surface area contributed by atoms with Gasteiger partial charge in [-0.3, -0.25) is 9.59 Å². The maximum atomic E-state index is 14.7. The lowest BCUT2D eigenvalue weighted by atomic mass is 9.34. The van der Waals surface area contributed by atoms with E-state index in [1.807, 2.05) is 6.20 Å². The third-order valence-corrected chi connectivity index (χ3v) is 13.7. The fourth-order valence-electron chi connectivity index (χ4n) is 11.3. The lowest BCUT2D eigenvalue weighted by Crippen LogP contribution is -2.70. The van der Waals surface area contributed by atoms with Crippen LogP contribution in [0.4, 0.5) is 0 Å². The lowest BCUT2D eigenvalue weighted by Gasteiger charge is -2.70. The second-order valence-electron chi connectivity index (χ2n) is 15.6. The molecule has 5 aliphatic rings. The molecule has 5 aliphatic carbocycles. The van der Waals surface area contributed by atoms with E-state index in [0.717, 1.165) is 50.7 Å². The van der Waals surface area contributed by atoms with Gasteiger partial charge in [0.05, 0.1) is 19.7 Å². The van der Waals surface area contributed by atoms with Crippen LogP contribution in [0.2, 0.25) is 0 Å². The lowest BCUT2D eigenvalue weighted by molar-refractivity contribution is -0.166. The summed E-state index contributed by atoms with van der Waals surface area (Å²) in [5.41, 5.74) is 2.12. The molecular formula is C34H50N2O4. The highest BCUT2D eigenvalue weighted by molar-refractivity contribution is 5.95. The van der Waals surface area contributed by atoms with Crippen LogP contribution in [0.3, 0.4) is 0 Å². The molecule has 0 aromatic carbocycles. The molecule has 1 heterocycles. The van der Waals surface area contributed by atoms with Crippen LogP contribution in [-0.4, -0.2) is 36.1 Å². The Hall–Kier alpha value is -1.95. The number of carbonyl (C=O) groups excluding carboxylic acids is 2. The van der Waals surface area contributed by atoms with E-state index in [9.17, 15) is 9.59 Å². The SMILES string of the molecule is COC(=O)CCN[C@]12CC[C@@H](C)[C@H](C)[C@H]1[C@H]1C(=O)C=C3[C@@]4(C)Cc5cnoc5C(C)(C)[C@@H]4CC[C@@]3(C)[C@]1(C)CC2. The van der Waals surface area contributed by atoms with Gasteiger partial charge in [-0.15, -0.1) is 0 Å². The smallest absolute Gasteiger partial charge is 0.306 e. The van der Waals surface area contributed by atoms with Crippen LogP contribution >= 0.6 is 0 Å². The first-order valence-corrected chi connectivity index (χ1v) is 15.8. The van der Waals surface area contributed by atoms with Crippen LogP contribution in [-0.2, 0) is 26.2 Å². The minimum absolute atomic E-state index is 0.0127. The Morgan fingerprint density at radius 1 is 1.10 bits per heavy atom. The number of allylic oxidation sites excluding steroid dienone is 2. The first-order chi connectivity index (χ1) is 18.7. The average Bonchev–Trinajstić information content (AvgIpc) is 3.37. The maximum absolute atomic E-state index is 14.7. The molecule has 0 amide bonds. The summed E-state index contributed by atoms with van der Waals surface area (Å²) in [5, 5.41) is 8.10. The van der Waals surface area contributed by atoms with E-state index >= 15 is 0 Å². The van der Waals surface area contributed by atoms with Gasteiger partial charge in [0.25, 0.3) is 0 Å². The number of ketones is 1. The van der Waals surface area contributed by atoms with Crippen LogP contribution < -0.4 is 5.32 Å². The molecule has 1 aromatic heterocycles. The van der Waals surface area contributed by atoms with Gasteiger partial charge in [0.2, 0.25) is 0 Å². The van der Waals surface area contributed by atoms with Gasteiger partial charge in [-0.1, -0.05) is 59.2 Å². The summed E-state index contributed by atoms with van der Waals surface area (Å²) < 4.78 is 10.8. The van der Waals surface area contributed by atoms with Crippen molar-refractivity contribution in [1.29, 1.82) is 0 Å². The Labute approximate surface area is 240 Å². The van der Waals surface area contributed by atoms with Gasteiger partial charge in [0.1, 0.15) is 5.76 Å². The van der Waals surface area contributed by atoms with Crippen LogP contribution in [0.1, 0.15) is 105 Å². The van der Waals surface area contributed by atoms with Crippen molar-refractivity contribution in [1.82, 2.24) is 10.5 Å². The van der Waals surface area contributed by atoms with Crippen molar-refractivity contribution < 1.29 is 18.8 Å². The Bertz CT molecular complexity index is 1250. The number of fused-ring (bicyclic) bond motifs is 8. The van der Waals surface area contributed by atoms with E-state index in [4.69, 9.17) is 9.26 Å². The number of esters is 1. The number of nitrogens with zero attached hydrogens (tertiary/aromatic N) is 1. The number of aromatic nitrogens is 1. The average molecular weight is 551 g/mol. The molecule has 0 bridgehead atoms. The molecule has 6 heteroatoms. The standard InChI is InChI=1S/C34H50N2O4/c1-20-9-13-34(35-16-11-26(38)39-8)15-14-33(7)28(27(34)21(20)2)23(37)17-25-31(5)18-22-19-36-40-29(22)30(3,4)24(31)10-12-32(25,33)6/h17,19-21,24,27-28,35H,9-16,18H2,1-8H3/t20-,21+,24+,27+,28-,31+,32-,33-,34+/m1/s1. The number of carbonyl (C=O) groups is 2. The van der Waals surface area contributed by atoms with Crippen LogP contribution in [0, 0.1) is 45.8 Å². The first-order valence-electron chi connectivity index (χ1n) is 15.8. The quantitative estimate of drug-likeness (QED) is 0.435. The molecule has 6 rings (SSSR count).